The van der Waals surface area contributed by atoms with E-state index in [9.17, 15) is 28.3 Å². The minimum Gasteiger partial charge on any atom is -0.479 e. The normalized spacial score (nSPS) is 42.1. The number of benzene rings is 1. The van der Waals surface area contributed by atoms with Crippen LogP contribution in [0.25, 0.3) is 0 Å². The van der Waals surface area contributed by atoms with Crippen molar-refractivity contribution in [1.82, 2.24) is 0 Å². The predicted molar refractivity (Wildman–Crippen MR) is 127 cm³/mol. The molecule has 6 aliphatic carbocycles. The van der Waals surface area contributed by atoms with Gasteiger partial charge in [0.15, 0.2) is 11.6 Å². The first kappa shape index (κ1) is 26.6. The highest BCUT2D eigenvalue weighted by Crippen LogP contribution is 2.67. The lowest BCUT2D eigenvalue weighted by Crippen LogP contribution is -2.61. The molecule has 11 heteroatoms. The van der Waals surface area contributed by atoms with Crippen molar-refractivity contribution in [1.29, 1.82) is 0 Å². The lowest BCUT2D eigenvalue weighted by molar-refractivity contribution is -0.206. The molecule has 39 heavy (non-hydrogen) atoms. The van der Waals surface area contributed by atoms with E-state index in [0.29, 0.717) is 17.8 Å². The van der Waals surface area contributed by atoms with E-state index in [4.69, 9.17) is 19.9 Å². The van der Waals surface area contributed by atoms with Crippen LogP contribution in [0.15, 0.2) is 18.2 Å². The quantitative estimate of drug-likeness (QED) is 0.371. The number of ether oxygens (including phenoxy) is 3. The van der Waals surface area contributed by atoms with Crippen LogP contribution in [0.3, 0.4) is 0 Å². The first-order valence-corrected chi connectivity index (χ1v) is 13.6. The van der Waals surface area contributed by atoms with E-state index in [0.717, 1.165) is 50.7 Å². The van der Waals surface area contributed by atoms with E-state index in [2.05, 4.69) is 0 Å². The predicted octanol–water partition coefficient (Wildman–Crippen LogP) is 3.64. The summed E-state index contributed by atoms with van der Waals surface area (Å²) in [6.07, 6.45) is 2.99. The molecule has 6 saturated carbocycles. The number of nitrogens with two attached hydrogens (primary N) is 1. The van der Waals surface area contributed by atoms with Crippen LogP contribution < -0.4 is 5.73 Å². The van der Waals surface area contributed by atoms with Crippen molar-refractivity contribution in [3.63, 3.8) is 0 Å². The van der Waals surface area contributed by atoms with Crippen LogP contribution in [0.2, 0.25) is 0 Å². The molecule has 0 aromatic heterocycles. The van der Waals surface area contributed by atoms with Crippen molar-refractivity contribution < 1.29 is 46.9 Å². The van der Waals surface area contributed by atoms with Crippen LogP contribution >= 0.6 is 0 Å². The van der Waals surface area contributed by atoms with Crippen LogP contribution in [0.4, 0.5) is 13.2 Å². The van der Waals surface area contributed by atoms with Gasteiger partial charge in [-0.25, -0.2) is 22.8 Å². The molecule has 0 radical (unpaired) electrons. The molecule has 0 heterocycles. The van der Waals surface area contributed by atoms with Gasteiger partial charge >= 0.3 is 17.9 Å². The number of hydrogen-bond acceptors (Lipinski definition) is 7. The Kier molecular flexibility index (Phi) is 6.08. The molecule has 6 fully saturated rings. The summed E-state index contributed by atoms with van der Waals surface area (Å²) in [5, 5.41) is 9.47. The van der Waals surface area contributed by atoms with E-state index in [1.807, 2.05) is 0 Å². The highest BCUT2D eigenvalue weighted by molar-refractivity contribution is 5.91. The molecular weight excluding hydrogens is 519 g/mol. The molecule has 6 atom stereocenters. The third kappa shape index (κ3) is 4.06. The zero-order chi connectivity index (χ0) is 27.9. The second-order valence-electron chi connectivity index (χ2n) is 12.5. The minimum atomic E-state index is -2.73. The van der Waals surface area contributed by atoms with Gasteiger partial charge in [-0.15, -0.1) is 0 Å². The van der Waals surface area contributed by atoms with Gasteiger partial charge in [0.1, 0.15) is 5.54 Å². The van der Waals surface area contributed by atoms with E-state index in [1.54, 1.807) is 0 Å². The molecule has 0 spiro atoms. The highest BCUT2D eigenvalue weighted by Gasteiger charge is 2.85. The largest absolute Gasteiger partial charge is 0.479 e. The lowest BCUT2D eigenvalue weighted by Gasteiger charge is -2.55. The van der Waals surface area contributed by atoms with Crippen LogP contribution in [0.5, 0.6) is 0 Å². The molecule has 7 rings (SSSR count). The Labute approximate surface area is 223 Å². The molecule has 1 aromatic rings. The number of fused-ring (bicyclic) bond motifs is 1. The van der Waals surface area contributed by atoms with Crippen LogP contribution in [-0.2, 0) is 35.2 Å². The summed E-state index contributed by atoms with van der Waals surface area (Å²) < 4.78 is 58.9. The van der Waals surface area contributed by atoms with Crippen molar-refractivity contribution in [3.05, 3.63) is 35.4 Å². The Balaban J connectivity index is 1.15. The third-order valence-electron chi connectivity index (χ3n) is 9.93. The van der Waals surface area contributed by atoms with Crippen LogP contribution in [-0.4, -0.2) is 46.6 Å². The van der Waals surface area contributed by atoms with Gasteiger partial charge in [0, 0.05) is 18.8 Å². The van der Waals surface area contributed by atoms with Gasteiger partial charge in [0.2, 0.25) is 12.0 Å². The van der Waals surface area contributed by atoms with Crippen molar-refractivity contribution in [3.8, 4) is 0 Å². The topological polar surface area (TPSA) is 125 Å². The lowest BCUT2D eigenvalue weighted by atomic mass is 9.49. The molecule has 212 valence electrons. The number of aliphatic carboxylic acids is 1. The number of alkyl halides is 1. The summed E-state index contributed by atoms with van der Waals surface area (Å²) in [7, 11) is 0. The van der Waals surface area contributed by atoms with Crippen molar-refractivity contribution in [2.24, 2.45) is 40.7 Å². The van der Waals surface area contributed by atoms with E-state index in [-0.39, 0.29) is 18.6 Å². The SMILES string of the molecule is C[C@H](OC(=O)C12CC3CC(CC(C3)C1)C2)OC(=O)[C@@]1(N)[C@H]2[C@@H](C[C@H]1OCc1ccc(F)c(F)c1)[C@]2(F)C(=O)O. The van der Waals surface area contributed by atoms with Gasteiger partial charge in [-0.2, -0.15) is 0 Å². The average Bonchev–Trinajstić information content (AvgIpc) is 3.34. The van der Waals surface area contributed by atoms with E-state index >= 15 is 4.39 Å². The first-order valence-electron chi connectivity index (χ1n) is 13.6. The van der Waals surface area contributed by atoms with E-state index < -0.39 is 70.4 Å². The molecular formula is C28H32F3NO7. The summed E-state index contributed by atoms with van der Waals surface area (Å²) in [6.45, 7) is 1.09. The zero-order valence-corrected chi connectivity index (χ0v) is 21.5. The number of rotatable bonds is 8. The molecule has 8 nitrogen and oxygen atoms in total. The second kappa shape index (κ2) is 8.92. The fourth-order valence-electron chi connectivity index (χ4n) is 8.53. The van der Waals surface area contributed by atoms with Gasteiger partial charge in [-0.3, -0.25) is 4.79 Å². The second-order valence-corrected chi connectivity index (χ2v) is 12.5. The Hall–Kier alpha value is -2.66. The smallest absolute Gasteiger partial charge is 0.342 e. The third-order valence-corrected chi connectivity index (χ3v) is 9.93. The maximum absolute atomic E-state index is 15.3. The van der Waals surface area contributed by atoms with Gasteiger partial charge in [-0.05, 0) is 80.4 Å². The van der Waals surface area contributed by atoms with Gasteiger partial charge in [-0.1, -0.05) is 6.07 Å². The molecule has 0 saturated heterocycles. The summed E-state index contributed by atoms with van der Waals surface area (Å²) >= 11 is 0. The number of carbonyl (C=O) groups excluding carboxylic acids is 2. The van der Waals surface area contributed by atoms with Crippen molar-refractivity contribution in [2.75, 3.05) is 0 Å². The van der Waals surface area contributed by atoms with Crippen LogP contribution in [0, 0.1) is 46.6 Å². The maximum atomic E-state index is 15.3. The molecule has 0 amide bonds. The maximum Gasteiger partial charge on any atom is 0.342 e. The molecule has 0 aliphatic heterocycles. The number of esters is 2. The van der Waals surface area contributed by atoms with Crippen molar-refractivity contribution in [2.45, 2.75) is 82.1 Å². The van der Waals surface area contributed by atoms with Crippen molar-refractivity contribution >= 4 is 17.9 Å². The molecule has 0 unspecified atom stereocenters. The Bertz CT molecular complexity index is 1190. The number of carboxylic acid groups (broad SMARTS) is 1. The summed E-state index contributed by atoms with van der Waals surface area (Å²) in [6, 6.07) is 3.12. The standard InChI is InChI=1S/C28H32F3NO7/c1-13(38-24(35)26-9-15-4-16(10-26)6-17(5-15)11-26)39-25(36)28(32)21(8-18-22(28)27(18,31)23(33)34)37-12-14-2-3-19(29)20(30)7-14/h2-3,7,13,15-18,21-22H,4-6,8-12,32H2,1H3,(H,33,34)/t13-,15?,16?,17?,18-,21-,22+,26?,27-,28+/m1/s1. The Morgan fingerprint density at radius 1 is 1.00 bits per heavy atom. The fourth-order valence-corrected chi connectivity index (χ4v) is 8.53. The first-order chi connectivity index (χ1) is 18.4. The number of carboxylic acids is 1. The zero-order valence-electron chi connectivity index (χ0n) is 21.5. The van der Waals surface area contributed by atoms with Gasteiger partial charge < -0.3 is 25.1 Å². The highest BCUT2D eigenvalue weighted by atomic mass is 19.2. The summed E-state index contributed by atoms with van der Waals surface area (Å²) in [5.74, 6) is -6.44. The minimum absolute atomic E-state index is 0.190. The molecule has 4 bridgehead atoms. The fraction of sp³-hybridized carbons (Fsp3) is 0.679. The molecule has 6 aliphatic rings. The number of halogens is 3. The van der Waals surface area contributed by atoms with Gasteiger partial charge in [0.05, 0.1) is 18.1 Å². The Morgan fingerprint density at radius 3 is 2.15 bits per heavy atom. The Morgan fingerprint density at radius 2 is 1.59 bits per heavy atom. The monoisotopic (exact) mass is 551 g/mol. The number of hydrogen-bond donors (Lipinski definition) is 2. The summed E-state index contributed by atoms with van der Waals surface area (Å²) in [5.41, 5.74) is 1.15. The van der Waals surface area contributed by atoms with Gasteiger partial charge in [0.25, 0.3) is 0 Å². The average molecular weight is 552 g/mol. The van der Waals surface area contributed by atoms with Crippen LogP contribution in [0.1, 0.15) is 57.4 Å². The molecule has 1 aromatic carbocycles. The van der Waals surface area contributed by atoms with E-state index in [1.165, 1.54) is 13.0 Å². The summed E-state index contributed by atoms with van der Waals surface area (Å²) in [4.78, 5) is 38.3. The number of carbonyl (C=O) groups is 3. The molecule has 3 N–H and O–H groups in total.